The van der Waals surface area contributed by atoms with Gasteiger partial charge in [-0.1, -0.05) is 42.3 Å². The van der Waals surface area contributed by atoms with Gasteiger partial charge in [0, 0.05) is 14.9 Å². The summed E-state index contributed by atoms with van der Waals surface area (Å²) in [6.45, 7) is 2.13. The highest BCUT2D eigenvalue weighted by Crippen LogP contribution is 2.31. The highest BCUT2D eigenvalue weighted by Gasteiger charge is 2.16. The number of hydrogen-bond acceptors (Lipinski definition) is 3. The molecule has 0 fully saturated rings. The molecule has 0 heterocycles. The Kier molecular flexibility index (Phi) is 5.75. The lowest BCUT2D eigenvalue weighted by Crippen LogP contribution is -2.29. The van der Waals surface area contributed by atoms with Gasteiger partial charge < -0.3 is 0 Å². The van der Waals surface area contributed by atoms with Crippen molar-refractivity contribution in [1.29, 1.82) is 0 Å². The van der Waals surface area contributed by atoms with Crippen LogP contribution in [0.2, 0.25) is 10.0 Å². The van der Waals surface area contributed by atoms with E-state index in [0.717, 1.165) is 16.9 Å². The van der Waals surface area contributed by atoms with Gasteiger partial charge in [0.1, 0.15) is 0 Å². The van der Waals surface area contributed by atoms with Crippen LogP contribution in [-0.4, -0.2) is 5.75 Å². The van der Waals surface area contributed by atoms with Crippen molar-refractivity contribution in [2.45, 2.75) is 17.9 Å². The second-order valence-electron chi connectivity index (χ2n) is 4.27. The van der Waals surface area contributed by atoms with Crippen LogP contribution >= 0.6 is 35.0 Å². The molecule has 1 atom stereocenters. The van der Waals surface area contributed by atoms with Crippen molar-refractivity contribution in [3.05, 3.63) is 63.6 Å². The van der Waals surface area contributed by atoms with E-state index in [4.69, 9.17) is 29.0 Å². The van der Waals surface area contributed by atoms with Crippen LogP contribution in [0.1, 0.15) is 24.1 Å². The van der Waals surface area contributed by atoms with Gasteiger partial charge in [-0.25, -0.2) is 5.43 Å². The van der Waals surface area contributed by atoms with Gasteiger partial charge in [0.15, 0.2) is 0 Å². The van der Waals surface area contributed by atoms with Crippen LogP contribution in [0.5, 0.6) is 0 Å². The fourth-order valence-corrected chi connectivity index (χ4v) is 3.09. The minimum atomic E-state index is -0.179. The molecular formula is C15H16Cl2N2S. The number of hydrazine groups is 1. The largest absolute Gasteiger partial charge is 0.271 e. The molecule has 20 heavy (non-hydrogen) atoms. The van der Waals surface area contributed by atoms with E-state index >= 15 is 0 Å². The first kappa shape index (κ1) is 15.7. The first-order chi connectivity index (χ1) is 9.65. The number of nitrogens with one attached hydrogen (secondary N) is 1. The molecule has 2 nitrogen and oxygen atoms in total. The summed E-state index contributed by atoms with van der Waals surface area (Å²) in [5.41, 5.74) is 4.73. The summed E-state index contributed by atoms with van der Waals surface area (Å²) < 4.78 is 0. The van der Waals surface area contributed by atoms with E-state index in [1.807, 2.05) is 6.07 Å². The Morgan fingerprint density at radius 1 is 1.15 bits per heavy atom. The summed E-state index contributed by atoms with van der Waals surface area (Å²) in [6, 6.07) is 13.5. The lowest BCUT2D eigenvalue weighted by atomic mass is 9.99. The van der Waals surface area contributed by atoms with Crippen molar-refractivity contribution in [2.75, 3.05) is 5.75 Å². The number of halogens is 2. The van der Waals surface area contributed by atoms with Crippen LogP contribution in [0.25, 0.3) is 0 Å². The highest BCUT2D eigenvalue weighted by molar-refractivity contribution is 7.99. The number of nitrogens with two attached hydrogens (primary N) is 1. The molecular weight excluding hydrogens is 311 g/mol. The maximum absolute atomic E-state index is 6.24. The Labute approximate surface area is 133 Å². The molecule has 0 radical (unpaired) electrons. The van der Waals surface area contributed by atoms with Crippen LogP contribution < -0.4 is 11.3 Å². The molecule has 3 N–H and O–H groups in total. The third-order valence-corrected chi connectivity index (χ3v) is 4.43. The minimum absolute atomic E-state index is 0.179. The summed E-state index contributed by atoms with van der Waals surface area (Å²) in [7, 11) is 0. The van der Waals surface area contributed by atoms with Crippen molar-refractivity contribution >= 4 is 35.0 Å². The average molecular weight is 327 g/mol. The van der Waals surface area contributed by atoms with E-state index < -0.39 is 0 Å². The van der Waals surface area contributed by atoms with E-state index in [1.54, 1.807) is 23.9 Å². The van der Waals surface area contributed by atoms with Gasteiger partial charge in [0.25, 0.3) is 0 Å². The Morgan fingerprint density at radius 3 is 2.45 bits per heavy atom. The van der Waals surface area contributed by atoms with Gasteiger partial charge in [0.05, 0.1) is 6.04 Å². The summed E-state index contributed by atoms with van der Waals surface area (Å²) in [5.74, 6) is 6.75. The molecule has 0 bridgehead atoms. The zero-order valence-electron chi connectivity index (χ0n) is 11.1. The molecule has 1 unspecified atom stereocenters. The third kappa shape index (κ3) is 3.68. The summed E-state index contributed by atoms with van der Waals surface area (Å²) in [6.07, 6.45) is 0. The molecule has 0 aliphatic carbocycles. The molecule has 0 saturated heterocycles. The highest BCUT2D eigenvalue weighted by atomic mass is 35.5. The van der Waals surface area contributed by atoms with E-state index in [2.05, 4.69) is 36.6 Å². The monoisotopic (exact) mass is 326 g/mol. The Bertz CT molecular complexity index is 573. The topological polar surface area (TPSA) is 38.0 Å². The molecule has 2 aromatic carbocycles. The minimum Gasteiger partial charge on any atom is -0.271 e. The first-order valence-corrected chi connectivity index (χ1v) is 8.03. The lowest BCUT2D eigenvalue weighted by Gasteiger charge is -2.19. The van der Waals surface area contributed by atoms with Crippen LogP contribution in [0.3, 0.4) is 0 Å². The Hall–Kier alpha value is -0.710. The van der Waals surface area contributed by atoms with Crippen molar-refractivity contribution in [2.24, 2.45) is 5.84 Å². The van der Waals surface area contributed by atoms with Crippen molar-refractivity contribution < 1.29 is 0 Å². The fourth-order valence-electron chi connectivity index (χ4n) is 2.02. The van der Waals surface area contributed by atoms with Crippen LogP contribution in [0.15, 0.2) is 47.4 Å². The number of thioether (sulfide) groups is 1. The molecule has 0 aliphatic rings. The molecule has 2 rings (SSSR count). The zero-order valence-corrected chi connectivity index (χ0v) is 13.4. The fraction of sp³-hybridized carbons (Fsp3) is 0.200. The van der Waals surface area contributed by atoms with E-state index in [9.17, 15) is 0 Å². The molecule has 0 aliphatic heterocycles. The number of benzene rings is 2. The van der Waals surface area contributed by atoms with E-state index in [1.165, 1.54) is 4.90 Å². The smallest absolute Gasteiger partial charge is 0.0725 e. The number of hydrogen-bond donors (Lipinski definition) is 2. The average Bonchev–Trinajstić information content (AvgIpc) is 2.45. The van der Waals surface area contributed by atoms with Gasteiger partial charge in [0.2, 0.25) is 0 Å². The molecule has 0 saturated carbocycles. The van der Waals surface area contributed by atoms with E-state index in [-0.39, 0.29) is 6.04 Å². The molecule has 106 valence electrons. The Balaban J connectivity index is 2.34. The lowest BCUT2D eigenvalue weighted by molar-refractivity contribution is 0.637. The van der Waals surface area contributed by atoms with Crippen molar-refractivity contribution in [3.63, 3.8) is 0 Å². The quantitative estimate of drug-likeness (QED) is 0.477. The first-order valence-electron chi connectivity index (χ1n) is 6.29. The molecule has 0 amide bonds. The standard InChI is InChI=1S/C15H16Cl2N2S/c1-2-20-12-6-3-10(4-7-12)15(19-18)13-9-11(16)5-8-14(13)17/h3-9,15,19H,2,18H2,1H3. The summed E-state index contributed by atoms with van der Waals surface area (Å²) in [4.78, 5) is 1.24. The van der Waals surface area contributed by atoms with Gasteiger partial charge in [-0.3, -0.25) is 5.84 Å². The van der Waals surface area contributed by atoms with Gasteiger partial charge >= 0.3 is 0 Å². The molecule has 0 spiro atoms. The Morgan fingerprint density at radius 2 is 1.85 bits per heavy atom. The second-order valence-corrected chi connectivity index (χ2v) is 6.45. The third-order valence-electron chi connectivity index (χ3n) is 2.96. The normalized spacial score (nSPS) is 12.4. The van der Waals surface area contributed by atoms with Gasteiger partial charge in [-0.2, -0.15) is 0 Å². The van der Waals surface area contributed by atoms with Crippen LogP contribution in [0.4, 0.5) is 0 Å². The summed E-state index contributed by atoms with van der Waals surface area (Å²) in [5, 5.41) is 1.28. The second kappa shape index (κ2) is 7.34. The maximum atomic E-state index is 6.24. The van der Waals surface area contributed by atoms with Crippen molar-refractivity contribution in [3.8, 4) is 0 Å². The predicted octanol–water partition coefficient (Wildman–Crippen LogP) is 4.66. The SMILES string of the molecule is CCSc1ccc(C(NN)c2cc(Cl)ccc2Cl)cc1. The molecule has 5 heteroatoms. The molecule has 0 aromatic heterocycles. The van der Waals surface area contributed by atoms with E-state index in [0.29, 0.717) is 10.0 Å². The summed E-state index contributed by atoms with van der Waals surface area (Å²) >= 11 is 14.1. The zero-order chi connectivity index (χ0) is 14.5. The number of rotatable bonds is 5. The van der Waals surface area contributed by atoms with Gasteiger partial charge in [-0.05, 0) is 47.2 Å². The van der Waals surface area contributed by atoms with Crippen molar-refractivity contribution in [1.82, 2.24) is 5.43 Å². The molecule has 2 aromatic rings. The van der Waals surface area contributed by atoms with Crippen LogP contribution in [0, 0.1) is 0 Å². The predicted molar refractivity (Wildman–Crippen MR) is 88.5 cm³/mol. The van der Waals surface area contributed by atoms with Gasteiger partial charge in [-0.15, -0.1) is 11.8 Å². The van der Waals surface area contributed by atoms with Crippen LogP contribution in [-0.2, 0) is 0 Å². The maximum Gasteiger partial charge on any atom is 0.0725 e.